The number of carbonyl (C=O) groups is 2. The molecule has 6 nitrogen and oxygen atoms in total. The van der Waals surface area contributed by atoms with Crippen molar-refractivity contribution in [3.8, 4) is 11.5 Å². The van der Waals surface area contributed by atoms with Crippen molar-refractivity contribution in [3.05, 3.63) is 47.5 Å². The lowest BCUT2D eigenvalue weighted by molar-refractivity contribution is -0.117. The summed E-state index contributed by atoms with van der Waals surface area (Å²) in [6, 6.07) is 10.6. The number of amides is 2. The third-order valence-electron chi connectivity index (χ3n) is 4.44. The number of carbonyl (C=O) groups excluding carboxylic acids is 2. The van der Waals surface area contributed by atoms with Crippen LogP contribution in [0.25, 0.3) is 0 Å². The van der Waals surface area contributed by atoms with E-state index in [4.69, 9.17) is 9.47 Å². The normalized spacial score (nSPS) is 13.7. The van der Waals surface area contributed by atoms with Crippen LogP contribution in [-0.2, 0) is 4.79 Å². The molecule has 0 aromatic heterocycles. The molecule has 136 valence electrons. The minimum Gasteiger partial charge on any atom is -0.497 e. The predicted molar refractivity (Wildman–Crippen MR) is 100 cm³/mol. The number of ether oxygens (including phenoxy) is 2. The largest absolute Gasteiger partial charge is 0.497 e. The van der Waals surface area contributed by atoms with Crippen LogP contribution in [0.3, 0.4) is 0 Å². The summed E-state index contributed by atoms with van der Waals surface area (Å²) in [6.07, 6.45) is 1.43. The molecule has 2 aromatic rings. The number of anilines is 2. The lowest BCUT2D eigenvalue weighted by Gasteiger charge is -2.19. The lowest BCUT2D eigenvalue weighted by Crippen LogP contribution is -2.24. The quantitative estimate of drug-likeness (QED) is 0.894. The molecule has 0 aliphatic carbocycles. The minimum absolute atomic E-state index is 0.120. The van der Waals surface area contributed by atoms with Gasteiger partial charge in [0, 0.05) is 36.0 Å². The molecule has 2 amide bonds. The van der Waals surface area contributed by atoms with E-state index in [0.717, 1.165) is 17.7 Å². The van der Waals surface area contributed by atoms with Gasteiger partial charge < -0.3 is 19.7 Å². The summed E-state index contributed by atoms with van der Waals surface area (Å²) in [4.78, 5) is 26.4. The Bertz CT molecular complexity index is 825. The SMILES string of the molecule is COc1cc(OC)cc(C(=O)Nc2ccc(C)c(N3CCCC3=O)c2)c1. The molecule has 2 aromatic carbocycles. The lowest BCUT2D eigenvalue weighted by atomic mass is 10.1. The van der Waals surface area contributed by atoms with Crippen LogP contribution in [0.1, 0.15) is 28.8 Å². The second kappa shape index (κ2) is 7.47. The van der Waals surface area contributed by atoms with E-state index in [2.05, 4.69) is 5.32 Å². The second-order valence-corrected chi connectivity index (χ2v) is 6.21. The average Bonchev–Trinajstić information content (AvgIpc) is 3.08. The van der Waals surface area contributed by atoms with Gasteiger partial charge in [0.05, 0.1) is 14.2 Å². The third kappa shape index (κ3) is 3.64. The van der Waals surface area contributed by atoms with Crippen molar-refractivity contribution in [1.82, 2.24) is 0 Å². The molecule has 0 spiro atoms. The van der Waals surface area contributed by atoms with Crippen LogP contribution in [0, 0.1) is 6.92 Å². The van der Waals surface area contributed by atoms with E-state index in [0.29, 0.717) is 35.7 Å². The molecule has 1 N–H and O–H groups in total. The van der Waals surface area contributed by atoms with Crippen molar-refractivity contribution in [2.75, 3.05) is 31.0 Å². The molecular formula is C20H22N2O4. The van der Waals surface area contributed by atoms with E-state index in [1.807, 2.05) is 25.1 Å². The Morgan fingerprint density at radius 3 is 2.35 bits per heavy atom. The molecule has 1 aliphatic heterocycles. The van der Waals surface area contributed by atoms with Crippen LogP contribution in [0.5, 0.6) is 11.5 Å². The van der Waals surface area contributed by atoms with Crippen LogP contribution < -0.4 is 19.7 Å². The first-order chi connectivity index (χ1) is 12.5. The highest BCUT2D eigenvalue weighted by atomic mass is 16.5. The molecule has 0 unspecified atom stereocenters. The summed E-state index contributed by atoms with van der Waals surface area (Å²) < 4.78 is 10.4. The van der Waals surface area contributed by atoms with Gasteiger partial charge in [0.1, 0.15) is 11.5 Å². The first kappa shape index (κ1) is 17.8. The Balaban J connectivity index is 1.85. The maximum absolute atomic E-state index is 12.6. The van der Waals surface area contributed by atoms with E-state index in [-0.39, 0.29) is 11.8 Å². The van der Waals surface area contributed by atoms with Gasteiger partial charge >= 0.3 is 0 Å². The van der Waals surface area contributed by atoms with Crippen molar-refractivity contribution in [1.29, 1.82) is 0 Å². The second-order valence-electron chi connectivity index (χ2n) is 6.21. The monoisotopic (exact) mass is 354 g/mol. The fourth-order valence-corrected chi connectivity index (χ4v) is 3.02. The van der Waals surface area contributed by atoms with Gasteiger partial charge in [-0.25, -0.2) is 0 Å². The smallest absolute Gasteiger partial charge is 0.255 e. The molecule has 0 saturated carbocycles. The van der Waals surface area contributed by atoms with Gasteiger partial charge in [0.2, 0.25) is 5.91 Å². The molecule has 1 saturated heterocycles. The first-order valence-electron chi connectivity index (χ1n) is 8.47. The molecule has 6 heteroatoms. The topological polar surface area (TPSA) is 67.9 Å². The van der Waals surface area contributed by atoms with Crippen LogP contribution in [0.2, 0.25) is 0 Å². The fourth-order valence-electron chi connectivity index (χ4n) is 3.02. The van der Waals surface area contributed by atoms with Crippen molar-refractivity contribution in [2.45, 2.75) is 19.8 Å². The zero-order valence-corrected chi connectivity index (χ0v) is 15.2. The van der Waals surface area contributed by atoms with E-state index < -0.39 is 0 Å². The summed E-state index contributed by atoms with van der Waals surface area (Å²) in [5, 5.41) is 2.88. The van der Waals surface area contributed by atoms with Crippen LogP contribution >= 0.6 is 0 Å². The number of aryl methyl sites for hydroxylation is 1. The molecule has 1 fully saturated rings. The molecule has 26 heavy (non-hydrogen) atoms. The highest BCUT2D eigenvalue weighted by Crippen LogP contribution is 2.29. The molecule has 0 atom stereocenters. The van der Waals surface area contributed by atoms with E-state index in [9.17, 15) is 9.59 Å². The zero-order chi connectivity index (χ0) is 18.7. The number of hydrogen-bond acceptors (Lipinski definition) is 4. The van der Waals surface area contributed by atoms with Crippen LogP contribution in [0.4, 0.5) is 11.4 Å². The fraction of sp³-hybridized carbons (Fsp3) is 0.300. The number of benzene rings is 2. The number of rotatable bonds is 5. The Morgan fingerprint density at radius 2 is 1.77 bits per heavy atom. The van der Waals surface area contributed by atoms with Gasteiger partial charge in [0.25, 0.3) is 5.91 Å². The summed E-state index contributed by atoms with van der Waals surface area (Å²) in [6.45, 7) is 2.67. The number of methoxy groups -OCH3 is 2. The predicted octanol–water partition coefficient (Wildman–Crippen LogP) is 3.39. The van der Waals surface area contributed by atoms with E-state index >= 15 is 0 Å². The standard InChI is InChI=1S/C20H22N2O4/c1-13-6-7-15(11-18(13)22-8-4-5-19(22)23)21-20(24)14-9-16(25-2)12-17(10-14)26-3/h6-7,9-12H,4-5,8H2,1-3H3,(H,21,24). The van der Waals surface area contributed by atoms with Gasteiger partial charge in [-0.2, -0.15) is 0 Å². The number of nitrogens with one attached hydrogen (secondary N) is 1. The molecule has 0 bridgehead atoms. The maximum atomic E-state index is 12.6. The van der Waals surface area contributed by atoms with Gasteiger partial charge in [0.15, 0.2) is 0 Å². The third-order valence-corrected chi connectivity index (χ3v) is 4.44. The highest BCUT2D eigenvalue weighted by molar-refractivity contribution is 6.05. The maximum Gasteiger partial charge on any atom is 0.255 e. The van der Waals surface area contributed by atoms with Gasteiger partial charge in [-0.05, 0) is 43.2 Å². The van der Waals surface area contributed by atoms with Crippen LogP contribution in [-0.4, -0.2) is 32.6 Å². The van der Waals surface area contributed by atoms with Crippen LogP contribution in [0.15, 0.2) is 36.4 Å². The Hall–Kier alpha value is -3.02. The van der Waals surface area contributed by atoms with Crippen molar-refractivity contribution in [2.24, 2.45) is 0 Å². The van der Waals surface area contributed by atoms with E-state index in [1.54, 1.807) is 23.1 Å². The molecule has 1 aliphatic rings. The Morgan fingerprint density at radius 1 is 1.08 bits per heavy atom. The first-order valence-corrected chi connectivity index (χ1v) is 8.47. The minimum atomic E-state index is -0.273. The van der Waals surface area contributed by atoms with Crippen molar-refractivity contribution >= 4 is 23.2 Å². The summed E-state index contributed by atoms with van der Waals surface area (Å²) in [7, 11) is 3.07. The van der Waals surface area contributed by atoms with Gasteiger partial charge in [-0.1, -0.05) is 6.07 Å². The average molecular weight is 354 g/mol. The summed E-state index contributed by atoms with van der Waals surface area (Å²) in [5.74, 6) is 0.933. The van der Waals surface area contributed by atoms with Crippen molar-refractivity contribution < 1.29 is 19.1 Å². The number of hydrogen-bond donors (Lipinski definition) is 1. The Kier molecular flexibility index (Phi) is 5.11. The van der Waals surface area contributed by atoms with Gasteiger partial charge in [-0.15, -0.1) is 0 Å². The van der Waals surface area contributed by atoms with Gasteiger partial charge in [-0.3, -0.25) is 9.59 Å². The number of nitrogens with zero attached hydrogens (tertiary/aromatic N) is 1. The summed E-state index contributed by atoms with van der Waals surface area (Å²) in [5.41, 5.74) is 2.91. The Labute approximate surface area is 152 Å². The molecule has 1 heterocycles. The summed E-state index contributed by atoms with van der Waals surface area (Å²) >= 11 is 0. The molecule has 3 rings (SSSR count). The van der Waals surface area contributed by atoms with Crippen molar-refractivity contribution in [3.63, 3.8) is 0 Å². The van der Waals surface area contributed by atoms with E-state index in [1.165, 1.54) is 14.2 Å². The molecule has 0 radical (unpaired) electrons. The molecular weight excluding hydrogens is 332 g/mol. The zero-order valence-electron chi connectivity index (χ0n) is 15.2. The highest BCUT2D eigenvalue weighted by Gasteiger charge is 2.23.